The summed E-state index contributed by atoms with van der Waals surface area (Å²) in [4.78, 5) is 4.54. The van der Waals surface area contributed by atoms with Crippen LogP contribution in [0.3, 0.4) is 0 Å². The van der Waals surface area contributed by atoms with Crippen molar-refractivity contribution in [2.45, 2.75) is 52.1 Å². The molecule has 16 heavy (non-hydrogen) atoms. The molecule has 1 rings (SSSR count). The lowest BCUT2D eigenvalue weighted by Gasteiger charge is -2.14. The van der Waals surface area contributed by atoms with Crippen molar-refractivity contribution in [2.75, 3.05) is 0 Å². The maximum Gasteiger partial charge on any atom is 0.119 e. The Labute approximate surface area is 102 Å². The summed E-state index contributed by atoms with van der Waals surface area (Å²) in [5, 5.41) is 12.5. The molecule has 0 fully saturated rings. The van der Waals surface area contributed by atoms with E-state index in [1.165, 1.54) is 0 Å². The summed E-state index contributed by atoms with van der Waals surface area (Å²) in [6.45, 7) is 9.81. The SMILES string of the molecule is CC(C)(O)C#CCc1nc(C(C)(C)C)cs1. The average Bonchev–Trinajstić information content (AvgIpc) is 2.49. The maximum atomic E-state index is 9.44. The van der Waals surface area contributed by atoms with Gasteiger partial charge in [-0.2, -0.15) is 0 Å². The molecular formula is C13H19NOS. The van der Waals surface area contributed by atoms with Gasteiger partial charge in [-0.3, -0.25) is 0 Å². The lowest BCUT2D eigenvalue weighted by atomic mass is 9.93. The first-order chi connectivity index (χ1) is 7.18. The number of hydrogen-bond acceptors (Lipinski definition) is 3. The molecule has 0 saturated heterocycles. The quantitative estimate of drug-likeness (QED) is 0.762. The number of nitrogens with zero attached hydrogens (tertiary/aromatic N) is 1. The first kappa shape index (κ1) is 13.2. The van der Waals surface area contributed by atoms with Gasteiger partial charge in [0.25, 0.3) is 0 Å². The van der Waals surface area contributed by atoms with Gasteiger partial charge in [0, 0.05) is 10.8 Å². The van der Waals surface area contributed by atoms with Gasteiger partial charge in [-0.05, 0) is 13.8 Å². The summed E-state index contributed by atoms with van der Waals surface area (Å²) in [5.74, 6) is 5.74. The van der Waals surface area contributed by atoms with Crippen molar-refractivity contribution >= 4 is 11.3 Å². The van der Waals surface area contributed by atoms with Gasteiger partial charge in [0.1, 0.15) is 10.6 Å². The van der Waals surface area contributed by atoms with Crippen LogP contribution in [0.25, 0.3) is 0 Å². The van der Waals surface area contributed by atoms with Crippen LogP contribution in [-0.2, 0) is 11.8 Å². The van der Waals surface area contributed by atoms with E-state index in [1.807, 2.05) is 0 Å². The van der Waals surface area contributed by atoms with Crippen LogP contribution in [-0.4, -0.2) is 15.7 Å². The highest BCUT2D eigenvalue weighted by atomic mass is 32.1. The third-order valence-electron chi connectivity index (χ3n) is 1.95. The Bertz CT molecular complexity index is 410. The molecule has 88 valence electrons. The molecule has 0 aliphatic carbocycles. The standard InChI is InChI=1S/C13H19NOS/c1-12(2,3)10-9-16-11(14-10)7-6-8-13(4,5)15/h9,15H,7H2,1-5H3. The minimum Gasteiger partial charge on any atom is -0.378 e. The molecule has 0 radical (unpaired) electrons. The normalized spacial score (nSPS) is 12.1. The third kappa shape index (κ3) is 4.34. The molecule has 0 saturated carbocycles. The summed E-state index contributed by atoms with van der Waals surface area (Å²) in [6.07, 6.45) is 0.616. The molecule has 1 N–H and O–H groups in total. The summed E-state index contributed by atoms with van der Waals surface area (Å²) in [7, 11) is 0. The second-order valence-electron chi connectivity index (χ2n) is 5.41. The molecule has 1 heterocycles. The lowest BCUT2D eigenvalue weighted by Crippen LogP contribution is -2.14. The molecule has 0 atom stereocenters. The summed E-state index contributed by atoms with van der Waals surface area (Å²) < 4.78 is 0. The lowest BCUT2D eigenvalue weighted by molar-refractivity contribution is 0.143. The first-order valence-electron chi connectivity index (χ1n) is 5.36. The Morgan fingerprint density at radius 1 is 1.31 bits per heavy atom. The molecule has 1 aromatic heterocycles. The van der Waals surface area contributed by atoms with Crippen LogP contribution in [0.5, 0.6) is 0 Å². The van der Waals surface area contributed by atoms with Gasteiger partial charge >= 0.3 is 0 Å². The topological polar surface area (TPSA) is 33.1 Å². The number of rotatable bonds is 1. The van der Waals surface area contributed by atoms with Gasteiger partial charge in [-0.1, -0.05) is 32.6 Å². The zero-order valence-electron chi connectivity index (χ0n) is 10.6. The van der Waals surface area contributed by atoms with E-state index >= 15 is 0 Å². The molecule has 0 unspecified atom stereocenters. The molecule has 3 heteroatoms. The Morgan fingerprint density at radius 3 is 2.38 bits per heavy atom. The van der Waals surface area contributed by atoms with Crippen LogP contribution < -0.4 is 0 Å². The van der Waals surface area contributed by atoms with Crippen LogP contribution in [0.15, 0.2) is 5.38 Å². The highest BCUT2D eigenvalue weighted by Gasteiger charge is 2.16. The number of aromatic nitrogens is 1. The number of hydrogen-bond donors (Lipinski definition) is 1. The van der Waals surface area contributed by atoms with Crippen molar-refractivity contribution < 1.29 is 5.11 Å². The molecule has 0 aliphatic rings. The smallest absolute Gasteiger partial charge is 0.119 e. The van der Waals surface area contributed by atoms with E-state index < -0.39 is 5.60 Å². The second kappa shape index (κ2) is 4.57. The van der Waals surface area contributed by atoms with Crippen molar-refractivity contribution in [2.24, 2.45) is 0 Å². The average molecular weight is 237 g/mol. The minimum absolute atomic E-state index is 0.0957. The van der Waals surface area contributed by atoms with E-state index in [4.69, 9.17) is 0 Å². The maximum absolute atomic E-state index is 9.44. The number of thiazole rings is 1. The van der Waals surface area contributed by atoms with E-state index in [2.05, 4.69) is 43.0 Å². The fourth-order valence-electron chi connectivity index (χ4n) is 1.07. The molecule has 2 nitrogen and oxygen atoms in total. The van der Waals surface area contributed by atoms with Crippen molar-refractivity contribution in [1.82, 2.24) is 4.98 Å². The Hall–Kier alpha value is -0.850. The van der Waals surface area contributed by atoms with E-state index in [0.717, 1.165) is 10.7 Å². The van der Waals surface area contributed by atoms with Crippen molar-refractivity contribution in [3.05, 3.63) is 16.1 Å². The van der Waals surface area contributed by atoms with Gasteiger partial charge in [0.2, 0.25) is 0 Å². The zero-order chi connectivity index (χ0) is 12.4. The molecule has 0 amide bonds. The highest BCUT2D eigenvalue weighted by molar-refractivity contribution is 7.09. The fraction of sp³-hybridized carbons (Fsp3) is 0.615. The largest absolute Gasteiger partial charge is 0.378 e. The van der Waals surface area contributed by atoms with Gasteiger partial charge in [0.05, 0.1) is 12.1 Å². The van der Waals surface area contributed by atoms with Gasteiger partial charge in [-0.25, -0.2) is 4.98 Å². The zero-order valence-corrected chi connectivity index (χ0v) is 11.4. The van der Waals surface area contributed by atoms with E-state index in [1.54, 1.807) is 25.2 Å². The fourth-order valence-corrected chi connectivity index (χ4v) is 2.03. The van der Waals surface area contributed by atoms with Crippen LogP contribution >= 0.6 is 11.3 Å². The van der Waals surface area contributed by atoms with Crippen LogP contribution in [0.2, 0.25) is 0 Å². The molecule has 0 spiro atoms. The van der Waals surface area contributed by atoms with Gasteiger partial charge in [0.15, 0.2) is 0 Å². The third-order valence-corrected chi connectivity index (χ3v) is 2.80. The molecular weight excluding hydrogens is 218 g/mol. The van der Waals surface area contributed by atoms with E-state index in [-0.39, 0.29) is 5.41 Å². The summed E-state index contributed by atoms with van der Waals surface area (Å²) >= 11 is 1.63. The van der Waals surface area contributed by atoms with Crippen LogP contribution in [0.1, 0.15) is 45.3 Å². The van der Waals surface area contributed by atoms with E-state index in [0.29, 0.717) is 6.42 Å². The Morgan fingerprint density at radius 2 is 1.94 bits per heavy atom. The van der Waals surface area contributed by atoms with Gasteiger partial charge in [-0.15, -0.1) is 11.3 Å². The molecule has 0 aliphatic heterocycles. The van der Waals surface area contributed by atoms with Crippen LogP contribution in [0, 0.1) is 11.8 Å². The number of aliphatic hydroxyl groups is 1. The van der Waals surface area contributed by atoms with Crippen molar-refractivity contribution in [1.29, 1.82) is 0 Å². The monoisotopic (exact) mass is 237 g/mol. The highest BCUT2D eigenvalue weighted by Crippen LogP contribution is 2.23. The summed E-state index contributed by atoms with van der Waals surface area (Å²) in [6, 6.07) is 0. The molecule has 1 aromatic rings. The van der Waals surface area contributed by atoms with E-state index in [9.17, 15) is 5.11 Å². The van der Waals surface area contributed by atoms with Crippen molar-refractivity contribution in [3.63, 3.8) is 0 Å². The van der Waals surface area contributed by atoms with Crippen LogP contribution in [0.4, 0.5) is 0 Å². The van der Waals surface area contributed by atoms with Gasteiger partial charge < -0.3 is 5.11 Å². The molecule has 0 aromatic carbocycles. The van der Waals surface area contributed by atoms with Crippen molar-refractivity contribution in [3.8, 4) is 11.8 Å². The Kier molecular flexibility index (Phi) is 3.77. The Balaban J connectivity index is 2.70. The second-order valence-corrected chi connectivity index (χ2v) is 6.36. The minimum atomic E-state index is -0.913. The predicted molar refractivity (Wildman–Crippen MR) is 68.6 cm³/mol. The molecule has 0 bridgehead atoms. The summed E-state index contributed by atoms with van der Waals surface area (Å²) in [5.41, 5.74) is 0.292. The predicted octanol–water partition coefficient (Wildman–Crippen LogP) is 2.76. The first-order valence-corrected chi connectivity index (χ1v) is 6.24.